The number of esters is 1. The molecule has 2 aromatic carbocycles. The van der Waals surface area contributed by atoms with Gasteiger partial charge in [0.2, 0.25) is 10.0 Å². The minimum absolute atomic E-state index is 0.198. The van der Waals surface area contributed by atoms with Gasteiger partial charge in [0.05, 0.1) is 28.5 Å². The zero-order valence-electron chi connectivity index (χ0n) is 20.0. The Balaban J connectivity index is 1.19. The average molecular weight is 499 g/mol. The Hall–Kier alpha value is -3.04. The van der Waals surface area contributed by atoms with E-state index in [2.05, 4.69) is 0 Å². The molecule has 186 valence electrons. The number of nitrogens with zero attached hydrogens (tertiary/aromatic N) is 2. The lowest BCUT2D eigenvalue weighted by Crippen LogP contribution is -2.40. The summed E-state index contributed by atoms with van der Waals surface area (Å²) in [5.41, 5.74) is 2.81. The van der Waals surface area contributed by atoms with Gasteiger partial charge in [0, 0.05) is 19.6 Å². The first-order valence-electron chi connectivity index (χ1n) is 11.9. The highest BCUT2D eigenvalue weighted by atomic mass is 32.2. The number of ether oxygens (including phenoxy) is 1. The van der Waals surface area contributed by atoms with Crippen LogP contribution in [0.5, 0.6) is 0 Å². The van der Waals surface area contributed by atoms with Crippen molar-refractivity contribution in [3.05, 3.63) is 64.7 Å². The SMILES string of the molecule is Cc1ccc(S(=O)(=O)N2CCC(C(=O)OCCCCN3C(=O)c4ccccc4C3=O)CC2)cc1C. The molecule has 0 saturated carbocycles. The summed E-state index contributed by atoms with van der Waals surface area (Å²) in [5, 5.41) is 0. The molecule has 0 unspecified atom stereocenters. The summed E-state index contributed by atoms with van der Waals surface area (Å²) in [4.78, 5) is 38.7. The summed E-state index contributed by atoms with van der Waals surface area (Å²) in [7, 11) is -3.59. The lowest BCUT2D eigenvalue weighted by Gasteiger charge is -2.30. The van der Waals surface area contributed by atoms with Crippen molar-refractivity contribution in [3.63, 3.8) is 0 Å². The molecule has 2 amide bonds. The van der Waals surface area contributed by atoms with Crippen LogP contribution in [0.3, 0.4) is 0 Å². The van der Waals surface area contributed by atoms with Gasteiger partial charge >= 0.3 is 5.97 Å². The molecule has 8 nitrogen and oxygen atoms in total. The van der Waals surface area contributed by atoms with Crippen LogP contribution in [0.4, 0.5) is 0 Å². The molecule has 0 spiro atoms. The van der Waals surface area contributed by atoms with Crippen molar-refractivity contribution in [1.82, 2.24) is 9.21 Å². The van der Waals surface area contributed by atoms with Crippen LogP contribution in [-0.4, -0.2) is 61.6 Å². The first kappa shape index (κ1) is 25.1. The third-order valence-corrected chi connectivity index (χ3v) is 8.70. The minimum Gasteiger partial charge on any atom is -0.465 e. The number of imide groups is 1. The highest BCUT2D eigenvalue weighted by molar-refractivity contribution is 7.89. The Morgan fingerprint density at radius 1 is 0.943 bits per heavy atom. The summed E-state index contributed by atoms with van der Waals surface area (Å²) in [6.45, 7) is 4.84. The van der Waals surface area contributed by atoms with Gasteiger partial charge in [0.1, 0.15) is 0 Å². The fourth-order valence-electron chi connectivity index (χ4n) is 4.46. The second-order valence-electron chi connectivity index (χ2n) is 9.11. The first-order valence-corrected chi connectivity index (χ1v) is 13.3. The summed E-state index contributed by atoms with van der Waals surface area (Å²) < 4.78 is 32.7. The predicted molar refractivity (Wildman–Crippen MR) is 129 cm³/mol. The number of rotatable bonds is 8. The van der Waals surface area contributed by atoms with E-state index in [4.69, 9.17) is 4.74 Å². The topological polar surface area (TPSA) is 101 Å². The number of amides is 2. The second-order valence-corrected chi connectivity index (χ2v) is 11.0. The Labute approximate surface area is 205 Å². The fourth-order valence-corrected chi connectivity index (χ4v) is 6.02. The van der Waals surface area contributed by atoms with Crippen molar-refractivity contribution in [2.45, 2.75) is 44.4 Å². The highest BCUT2D eigenvalue weighted by Crippen LogP contribution is 2.26. The molecule has 2 heterocycles. The van der Waals surface area contributed by atoms with E-state index in [-0.39, 0.29) is 54.8 Å². The fraction of sp³-hybridized carbons (Fsp3) is 0.423. The predicted octanol–water partition coefficient (Wildman–Crippen LogP) is 3.32. The second kappa shape index (κ2) is 10.3. The number of unbranched alkanes of at least 4 members (excludes halogenated alkanes) is 1. The van der Waals surface area contributed by atoms with E-state index in [0.717, 1.165) is 11.1 Å². The zero-order chi connectivity index (χ0) is 25.2. The van der Waals surface area contributed by atoms with Crippen LogP contribution in [0.25, 0.3) is 0 Å². The molecule has 1 fully saturated rings. The summed E-state index contributed by atoms with van der Waals surface area (Å²) in [6, 6.07) is 11.9. The standard InChI is InChI=1S/C26H30N2O6S/c1-18-9-10-21(17-19(18)2)35(32,33)27-14-11-20(12-15-27)26(31)34-16-6-5-13-28-24(29)22-7-3-4-8-23(22)25(28)30/h3-4,7-10,17,20H,5-6,11-16H2,1-2H3. The van der Waals surface area contributed by atoms with Gasteiger partial charge in [-0.15, -0.1) is 0 Å². The smallest absolute Gasteiger partial charge is 0.309 e. The number of sulfonamides is 1. The lowest BCUT2D eigenvalue weighted by atomic mass is 9.98. The number of hydrogen-bond acceptors (Lipinski definition) is 6. The molecule has 0 aliphatic carbocycles. The van der Waals surface area contributed by atoms with E-state index in [1.807, 2.05) is 13.8 Å². The molecule has 2 aliphatic rings. The van der Waals surface area contributed by atoms with Gasteiger partial charge in [-0.25, -0.2) is 8.42 Å². The quantitative estimate of drug-likeness (QED) is 0.314. The maximum Gasteiger partial charge on any atom is 0.309 e. The van der Waals surface area contributed by atoms with Crippen LogP contribution in [0, 0.1) is 19.8 Å². The molecule has 2 aromatic rings. The number of carbonyl (C=O) groups is 3. The Morgan fingerprint density at radius 3 is 2.17 bits per heavy atom. The van der Waals surface area contributed by atoms with Crippen LogP contribution >= 0.6 is 0 Å². The molecule has 1 saturated heterocycles. The zero-order valence-corrected chi connectivity index (χ0v) is 20.8. The van der Waals surface area contributed by atoms with E-state index in [1.54, 1.807) is 42.5 Å². The number of aryl methyl sites for hydroxylation is 2. The number of piperidine rings is 1. The van der Waals surface area contributed by atoms with Gasteiger partial charge in [-0.1, -0.05) is 18.2 Å². The molecule has 35 heavy (non-hydrogen) atoms. The van der Waals surface area contributed by atoms with Gasteiger partial charge in [-0.2, -0.15) is 4.31 Å². The van der Waals surface area contributed by atoms with Crippen LogP contribution in [0.15, 0.2) is 47.4 Å². The molecule has 0 aromatic heterocycles. The molecule has 0 N–H and O–H groups in total. The molecular weight excluding hydrogens is 468 g/mol. The molecule has 0 atom stereocenters. The van der Waals surface area contributed by atoms with Gasteiger partial charge in [0.25, 0.3) is 11.8 Å². The van der Waals surface area contributed by atoms with Crippen molar-refractivity contribution in [3.8, 4) is 0 Å². The van der Waals surface area contributed by atoms with Gasteiger partial charge in [-0.05, 0) is 74.9 Å². The first-order chi connectivity index (χ1) is 16.7. The monoisotopic (exact) mass is 498 g/mol. The van der Waals surface area contributed by atoms with Gasteiger partial charge in [0.15, 0.2) is 0 Å². The minimum atomic E-state index is -3.59. The maximum atomic E-state index is 13.0. The number of hydrogen-bond donors (Lipinski definition) is 0. The number of benzene rings is 2. The summed E-state index contributed by atoms with van der Waals surface area (Å²) in [6.07, 6.45) is 1.89. The van der Waals surface area contributed by atoms with Crippen molar-refractivity contribution in [1.29, 1.82) is 0 Å². The number of carbonyl (C=O) groups excluding carboxylic acids is 3. The number of fused-ring (bicyclic) bond motifs is 1. The van der Waals surface area contributed by atoms with Crippen molar-refractivity contribution in [2.75, 3.05) is 26.2 Å². The highest BCUT2D eigenvalue weighted by Gasteiger charge is 2.35. The normalized spacial score (nSPS) is 17.0. The van der Waals surface area contributed by atoms with Gasteiger partial charge in [-0.3, -0.25) is 19.3 Å². The van der Waals surface area contributed by atoms with Crippen molar-refractivity contribution in [2.24, 2.45) is 5.92 Å². The third kappa shape index (κ3) is 5.16. The molecule has 9 heteroatoms. The lowest BCUT2D eigenvalue weighted by molar-refractivity contribution is -0.150. The van der Waals surface area contributed by atoms with Crippen molar-refractivity contribution >= 4 is 27.8 Å². The van der Waals surface area contributed by atoms with Crippen LogP contribution in [0.1, 0.15) is 57.5 Å². The molecule has 0 bridgehead atoms. The largest absolute Gasteiger partial charge is 0.465 e. The van der Waals surface area contributed by atoms with Crippen molar-refractivity contribution < 1.29 is 27.5 Å². The van der Waals surface area contributed by atoms with E-state index in [0.29, 0.717) is 36.8 Å². The molecular formula is C26H30N2O6S. The molecule has 2 aliphatic heterocycles. The molecule has 4 rings (SSSR count). The maximum absolute atomic E-state index is 13.0. The average Bonchev–Trinajstić information content (AvgIpc) is 3.10. The van der Waals surface area contributed by atoms with E-state index < -0.39 is 10.0 Å². The Morgan fingerprint density at radius 2 is 1.57 bits per heavy atom. The van der Waals surface area contributed by atoms with E-state index in [9.17, 15) is 22.8 Å². The summed E-state index contributed by atoms with van der Waals surface area (Å²) in [5.74, 6) is -1.23. The Bertz CT molecular complexity index is 1210. The van der Waals surface area contributed by atoms with E-state index >= 15 is 0 Å². The van der Waals surface area contributed by atoms with Crippen LogP contribution in [-0.2, 0) is 19.6 Å². The van der Waals surface area contributed by atoms with E-state index in [1.165, 1.54) is 9.21 Å². The van der Waals surface area contributed by atoms with Crippen LogP contribution < -0.4 is 0 Å². The summed E-state index contributed by atoms with van der Waals surface area (Å²) >= 11 is 0. The van der Waals surface area contributed by atoms with Crippen LogP contribution in [0.2, 0.25) is 0 Å². The third-order valence-electron chi connectivity index (χ3n) is 6.80. The van der Waals surface area contributed by atoms with Gasteiger partial charge < -0.3 is 4.74 Å². The Kier molecular flexibility index (Phi) is 7.37. The molecule has 0 radical (unpaired) electrons.